The van der Waals surface area contributed by atoms with Gasteiger partial charge in [-0.3, -0.25) is 0 Å². The lowest BCUT2D eigenvalue weighted by molar-refractivity contribution is 0.149. The fourth-order valence-corrected chi connectivity index (χ4v) is 2.86. The molecule has 1 aliphatic rings. The van der Waals surface area contributed by atoms with Crippen molar-refractivity contribution in [2.75, 3.05) is 18.4 Å². The summed E-state index contributed by atoms with van der Waals surface area (Å²) in [4.78, 5) is 18.2. The molecule has 6 heteroatoms. The molecule has 1 fully saturated rings. The zero-order valence-electron chi connectivity index (χ0n) is 12.4. The minimum absolute atomic E-state index is 0.192. The molecule has 2 heterocycles. The standard InChI is InChI=1S/C16H19FN4O/c1-12-5-7-20(10-15(12)21-8-6-18-11-21)16(22)19-14-4-2-3-13(17)9-14/h2-4,6,8-9,11-12,15H,5,7,10H2,1H3,(H,19,22)/t12-,15-/m1/s1. The molecule has 2 amide bonds. The number of amides is 2. The van der Waals surface area contributed by atoms with Crippen LogP contribution in [-0.4, -0.2) is 33.6 Å². The molecule has 1 saturated heterocycles. The van der Waals surface area contributed by atoms with E-state index in [1.165, 1.54) is 12.1 Å². The highest BCUT2D eigenvalue weighted by atomic mass is 19.1. The number of hydrogen-bond donors (Lipinski definition) is 1. The van der Waals surface area contributed by atoms with Crippen molar-refractivity contribution < 1.29 is 9.18 Å². The quantitative estimate of drug-likeness (QED) is 0.926. The zero-order valence-corrected chi connectivity index (χ0v) is 12.4. The Labute approximate surface area is 128 Å². The highest BCUT2D eigenvalue weighted by molar-refractivity contribution is 5.89. The Kier molecular flexibility index (Phi) is 4.09. The molecule has 0 saturated carbocycles. The molecule has 3 rings (SSSR count). The molecule has 1 N–H and O–H groups in total. The highest BCUT2D eigenvalue weighted by Crippen LogP contribution is 2.27. The van der Waals surface area contributed by atoms with E-state index in [4.69, 9.17) is 0 Å². The molecule has 0 spiro atoms. The van der Waals surface area contributed by atoms with E-state index in [0.29, 0.717) is 24.7 Å². The average Bonchev–Trinajstić information content (AvgIpc) is 3.01. The lowest BCUT2D eigenvalue weighted by atomic mass is 9.93. The van der Waals surface area contributed by atoms with Crippen LogP contribution in [0, 0.1) is 11.7 Å². The second kappa shape index (κ2) is 6.17. The Morgan fingerprint density at radius 3 is 3.05 bits per heavy atom. The van der Waals surface area contributed by atoms with Crippen molar-refractivity contribution in [3.63, 3.8) is 0 Å². The van der Waals surface area contributed by atoms with Gasteiger partial charge in [0.25, 0.3) is 0 Å². The van der Waals surface area contributed by atoms with Crippen LogP contribution in [0.3, 0.4) is 0 Å². The summed E-state index contributed by atoms with van der Waals surface area (Å²) in [5, 5.41) is 2.76. The molecule has 1 aromatic heterocycles. The van der Waals surface area contributed by atoms with Crippen LogP contribution in [0.4, 0.5) is 14.9 Å². The number of carbonyl (C=O) groups excluding carboxylic acids is 1. The van der Waals surface area contributed by atoms with Gasteiger partial charge in [0.15, 0.2) is 0 Å². The summed E-state index contributed by atoms with van der Waals surface area (Å²) in [6.07, 6.45) is 6.39. The van der Waals surface area contributed by atoms with Crippen molar-refractivity contribution in [1.29, 1.82) is 0 Å². The Bertz CT molecular complexity index is 643. The molecule has 0 radical (unpaired) electrons. The molecule has 2 aromatic rings. The molecule has 2 atom stereocenters. The van der Waals surface area contributed by atoms with Crippen LogP contribution in [0.5, 0.6) is 0 Å². The Morgan fingerprint density at radius 1 is 1.45 bits per heavy atom. The third-order valence-electron chi connectivity index (χ3n) is 4.19. The maximum atomic E-state index is 13.2. The number of anilines is 1. The van der Waals surface area contributed by atoms with E-state index in [1.807, 2.05) is 10.8 Å². The van der Waals surface area contributed by atoms with Crippen molar-refractivity contribution in [1.82, 2.24) is 14.5 Å². The summed E-state index contributed by atoms with van der Waals surface area (Å²) < 4.78 is 15.2. The Morgan fingerprint density at radius 2 is 2.32 bits per heavy atom. The first-order valence-electron chi connectivity index (χ1n) is 7.42. The molecule has 1 aliphatic heterocycles. The number of halogens is 1. The summed E-state index contributed by atoms with van der Waals surface area (Å²) in [5.74, 6) is 0.119. The third-order valence-corrected chi connectivity index (χ3v) is 4.19. The second-order valence-corrected chi connectivity index (χ2v) is 5.73. The van der Waals surface area contributed by atoms with Crippen LogP contribution in [-0.2, 0) is 0 Å². The number of urea groups is 1. The van der Waals surface area contributed by atoms with E-state index < -0.39 is 0 Å². The topological polar surface area (TPSA) is 50.2 Å². The van der Waals surface area contributed by atoms with Gasteiger partial charge in [-0.1, -0.05) is 13.0 Å². The highest BCUT2D eigenvalue weighted by Gasteiger charge is 2.29. The van der Waals surface area contributed by atoms with Crippen LogP contribution >= 0.6 is 0 Å². The van der Waals surface area contributed by atoms with E-state index in [-0.39, 0.29) is 17.9 Å². The monoisotopic (exact) mass is 302 g/mol. The van der Waals surface area contributed by atoms with Gasteiger partial charge in [0.05, 0.1) is 12.4 Å². The number of aromatic nitrogens is 2. The average molecular weight is 302 g/mol. The minimum Gasteiger partial charge on any atom is -0.332 e. The van der Waals surface area contributed by atoms with Crippen LogP contribution in [0.25, 0.3) is 0 Å². The fourth-order valence-electron chi connectivity index (χ4n) is 2.86. The smallest absolute Gasteiger partial charge is 0.321 e. The summed E-state index contributed by atoms with van der Waals surface area (Å²) in [6.45, 7) is 3.51. The lowest BCUT2D eigenvalue weighted by Crippen LogP contribution is -2.45. The first kappa shape index (κ1) is 14.6. The van der Waals surface area contributed by atoms with Gasteiger partial charge in [-0.05, 0) is 30.5 Å². The number of rotatable bonds is 2. The zero-order chi connectivity index (χ0) is 15.5. The summed E-state index contributed by atoms with van der Waals surface area (Å²) in [6, 6.07) is 5.96. The number of likely N-dealkylation sites (tertiary alicyclic amines) is 1. The van der Waals surface area contributed by atoms with Gasteiger partial charge >= 0.3 is 6.03 Å². The molecule has 1 aromatic carbocycles. The predicted molar refractivity (Wildman–Crippen MR) is 82.0 cm³/mol. The molecular formula is C16H19FN4O. The second-order valence-electron chi connectivity index (χ2n) is 5.73. The van der Waals surface area contributed by atoms with Gasteiger partial charge in [-0.25, -0.2) is 14.2 Å². The van der Waals surface area contributed by atoms with Crippen LogP contribution in [0.1, 0.15) is 19.4 Å². The van der Waals surface area contributed by atoms with Crippen molar-refractivity contribution in [2.24, 2.45) is 5.92 Å². The number of carbonyl (C=O) groups is 1. The van der Waals surface area contributed by atoms with E-state index in [9.17, 15) is 9.18 Å². The molecule has 5 nitrogen and oxygen atoms in total. The van der Waals surface area contributed by atoms with Crippen molar-refractivity contribution >= 4 is 11.7 Å². The maximum Gasteiger partial charge on any atom is 0.321 e. The largest absolute Gasteiger partial charge is 0.332 e. The normalized spacial score (nSPS) is 21.6. The first-order chi connectivity index (χ1) is 10.6. The van der Waals surface area contributed by atoms with E-state index >= 15 is 0 Å². The fraction of sp³-hybridized carbons (Fsp3) is 0.375. The number of piperidine rings is 1. The van der Waals surface area contributed by atoms with Crippen molar-refractivity contribution in [2.45, 2.75) is 19.4 Å². The number of imidazole rings is 1. The Balaban J connectivity index is 1.68. The van der Waals surface area contributed by atoms with Crippen LogP contribution < -0.4 is 5.32 Å². The minimum atomic E-state index is -0.360. The molecule has 0 unspecified atom stereocenters. The van der Waals surface area contributed by atoms with Gasteiger partial charge in [-0.2, -0.15) is 0 Å². The lowest BCUT2D eigenvalue weighted by Gasteiger charge is -2.37. The number of hydrogen-bond acceptors (Lipinski definition) is 2. The molecule has 0 bridgehead atoms. The number of benzene rings is 1. The van der Waals surface area contributed by atoms with Gasteiger partial charge < -0.3 is 14.8 Å². The van der Waals surface area contributed by atoms with Crippen LogP contribution in [0.15, 0.2) is 43.0 Å². The summed E-state index contributed by atoms with van der Waals surface area (Å²) in [7, 11) is 0. The summed E-state index contributed by atoms with van der Waals surface area (Å²) in [5.41, 5.74) is 0.475. The predicted octanol–water partition coefficient (Wildman–Crippen LogP) is 3.14. The first-order valence-corrected chi connectivity index (χ1v) is 7.42. The van der Waals surface area contributed by atoms with Crippen molar-refractivity contribution in [3.05, 3.63) is 48.8 Å². The van der Waals surface area contributed by atoms with Gasteiger partial charge in [-0.15, -0.1) is 0 Å². The van der Waals surface area contributed by atoms with Gasteiger partial charge in [0, 0.05) is 31.2 Å². The number of nitrogens with one attached hydrogen (secondary N) is 1. The third kappa shape index (κ3) is 3.10. The van der Waals surface area contributed by atoms with E-state index in [0.717, 1.165) is 6.42 Å². The van der Waals surface area contributed by atoms with Gasteiger partial charge in [0.2, 0.25) is 0 Å². The van der Waals surface area contributed by atoms with Crippen molar-refractivity contribution in [3.8, 4) is 0 Å². The summed E-state index contributed by atoms with van der Waals surface area (Å²) >= 11 is 0. The van der Waals surface area contributed by atoms with Gasteiger partial charge in [0.1, 0.15) is 5.82 Å². The Hall–Kier alpha value is -2.37. The maximum absolute atomic E-state index is 13.2. The molecule has 0 aliphatic carbocycles. The van der Waals surface area contributed by atoms with E-state index in [2.05, 4.69) is 17.2 Å². The van der Waals surface area contributed by atoms with Crippen LogP contribution in [0.2, 0.25) is 0 Å². The molecular weight excluding hydrogens is 283 g/mol. The number of nitrogens with zero attached hydrogens (tertiary/aromatic N) is 3. The molecule has 22 heavy (non-hydrogen) atoms. The van der Waals surface area contributed by atoms with E-state index in [1.54, 1.807) is 29.6 Å². The SMILES string of the molecule is C[C@@H]1CCN(C(=O)Nc2cccc(F)c2)C[C@H]1n1ccnc1. The molecule has 116 valence electrons.